The Morgan fingerprint density at radius 2 is 1.47 bits per heavy atom. The fraction of sp³-hybridized carbons (Fsp3) is 0.208. The van der Waals surface area contributed by atoms with Crippen LogP contribution >= 0.6 is 0 Å². The van der Waals surface area contributed by atoms with Crippen molar-refractivity contribution in [2.24, 2.45) is 0 Å². The zero-order valence-corrected chi connectivity index (χ0v) is 17.6. The second-order valence-electron chi connectivity index (χ2n) is 7.22. The molecule has 0 saturated carbocycles. The van der Waals surface area contributed by atoms with E-state index in [1.165, 1.54) is 0 Å². The summed E-state index contributed by atoms with van der Waals surface area (Å²) in [5, 5.41) is 19.3. The van der Waals surface area contributed by atoms with Crippen LogP contribution in [-0.4, -0.2) is 27.0 Å². The standard InChI is InChI=1S/C24H25N3O2.ClH/c1-18-9-5-8-14-23(18)29-17-20(28)16-27-22-13-7-6-12-21(22)26(24(27)25)15-19-10-3-2-4-11-19;/h2-14,20,25,28H,15-17H2,1H3;1H/p-1. The van der Waals surface area contributed by atoms with Crippen LogP contribution in [0, 0.1) is 12.3 Å². The van der Waals surface area contributed by atoms with Crippen molar-refractivity contribution in [3.05, 3.63) is 95.6 Å². The van der Waals surface area contributed by atoms with Gasteiger partial charge in [-0.2, -0.15) is 0 Å². The van der Waals surface area contributed by atoms with Crippen LogP contribution in [0.1, 0.15) is 11.1 Å². The Balaban J connectivity index is 0.00000256. The summed E-state index contributed by atoms with van der Waals surface area (Å²) in [5.74, 6) is 0.772. The number of hydrogen-bond acceptors (Lipinski definition) is 3. The van der Waals surface area contributed by atoms with E-state index in [1.54, 1.807) is 0 Å². The molecule has 0 aliphatic rings. The maximum atomic E-state index is 10.6. The van der Waals surface area contributed by atoms with Crippen molar-refractivity contribution in [1.29, 1.82) is 5.41 Å². The first-order valence-electron chi connectivity index (χ1n) is 9.76. The maximum absolute atomic E-state index is 10.6. The number of benzene rings is 3. The first-order chi connectivity index (χ1) is 14.1. The molecule has 0 saturated heterocycles. The van der Waals surface area contributed by atoms with Crippen molar-refractivity contribution in [2.75, 3.05) is 6.61 Å². The number of para-hydroxylation sites is 3. The van der Waals surface area contributed by atoms with E-state index in [0.717, 1.165) is 27.9 Å². The summed E-state index contributed by atoms with van der Waals surface area (Å²) in [4.78, 5) is 0. The Morgan fingerprint density at radius 3 is 2.17 bits per heavy atom. The average Bonchev–Trinajstić information content (AvgIpc) is 3.00. The van der Waals surface area contributed by atoms with E-state index >= 15 is 0 Å². The van der Waals surface area contributed by atoms with Crippen molar-refractivity contribution in [3.63, 3.8) is 0 Å². The second-order valence-corrected chi connectivity index (χ2v) is 7.22. The molecule has 156 valence electrons. The fourth-order valence-electron chi connectivity index (χ4n) is 3.57. The number of fused-ring (bicyclic) bond motifs is 1. The van der Waals surface area contributed by atoms with Crippen LogP contribution in [0.3, 0.4) is 0 Å². The number of aromatic nitrogens is 2. The molecular formula is C24H25ClN3O2-. The zero-order chi connectivity index (χ0) is 20.2. The van der Waals surface area contributed by atoms with Crippen LogP contribution in [0.4, 0.5) is 0 Å². The van der Waals surface area contributed by atoms with Crippen molar-refractivity contribution < 1.29 is 22.3 Å². The SMILES string of the molecule is Cc1ccccc1OCC(O)Cn1c(=N)n(Cc2ccccc2)c2ccccc21.[Cl-]. The lowest BCUT2D eigenvalue weighted by Crippen LogP contribution is -3.00. The van der Waals surface area contributed by atoms with Crippen LogP contribution in [0.15, 0.2) is 78.9 Å². The molecule has 1 unspecified atom stereocenters. The van der Waals surface area contributed by atoms with Crippen LogP contribution < -0.4 is 22.8 Å². The van der Waals surface area contributed by atoms with Gasteiger partial charge >= 0.3 is 0 Å². The number of ether oxygens (including phenoxy) is 1. The van der Waals surface area contributed by atoms with Crippen LogP contribution in [0.2, 0.25) is 0 Å². The third kappa shape index (κ3) is 4.58. The van der Waals surface area contributed by atoms with Gasteiger partial charge in [0.15, 0.2) is 0 Å². The summed E-state index contributed by atoms with van der Waals surface area (Å²) >= 11 is 0. The van der Waals surface area contributed by atoms with Gasteiger partial charge in [-0.15, -0.1) is 0 Å². The van der Waals surface area contributed by atoms with E-state index in [4.69, 9.17) is 10.1 Å². The highest BCUT2D eigenvalue weighted by molar-refractivity contribution is 5.76. The Morgan fingerprint density at radius 1 is 0.867 bits per heavy atom. The van der Waals surface area contributed by atoms with Crippen LogP contribution in [-0.2, 0) is 13.1 Å². The number of imidazole rings is 1. The van der Waals surface area contributed by atoms with Crippen molar-refractivity contribution in [2.45, 2.75) is 26.1 Å². The summed E-state index contributed by atoms with van der Waals surface area (Å²) < 4.78 is 9.62. The number of nitrogens with one attached hydrogen (secondary N) is 1. The van der Waals surface area contributed by atoms with Gasteiger partial charge in [-0.05, 0) is 36.2 Å². The Labute approximate surface area is 182 Å². The molecule has 0 amide bonds. The van der Waals surface area contributed by atoms with Gasteiger partial charge in [-0.3, -0.25) is 5.41 Å². The number of rotatable bonds is 7. The molecule has 0 fully saturated rings. The highest BCUT2D eigenvalue weighted by atomic mass is 35.5. The van der Waals surface area contributed by atoms with Crippen LogP contribution in [0.5, 0.6) is 5.75 Å². The minimum atomic E-state index is -0.723. The Kier molecular flexibility index (Phi) is 6.98. The molecule has 0 spiro atoms. The summed E-state index contributed by atoms with van der Waals surface area (Å²) in [7, 11) is 0. The van der Waals surface area contributed by atoms with E-state index < -0.39 is 6.10 Å². The molecule has 4 rings (SSSR count). The Hall–Kier alpha value is -3.02. The van der Waals surface area contributed by atoms with Gasteiger partial charge in [0.05, 0.1) is 24.1 Å². The number of aliphatic hydroxyl groups is 1. The van der Waals surface area contributed by atoms with Gasteiger partial charge in [0, 0.05) is 0 Å². The van der Waals surface area contributed by atoms with E-state index in [0.29, 0.717) is 18.7 Å². The van der Waals surface area contributed by atoms with Crippen molar-refractivity contribution >= 4 is 11.0 Å². The molecule has 1 heterocycles. The topological polar surface area (TPSA) is 63.2 Å². The lowest BCUT2D eigenvalue weighted by atomic mass is 10.2. The van der Waals surface area contributed by atoms with Gasteiger partial charge in [-0.25, -0.2) is 0 Å². The molecule has 1 aromatic heterocycles. The third-order valence-electron chi connectivity index (χ3n) is 5.08. The summed E-state index contributed by atoms with van der Waals surface area (Å²) in [5.41, 5.74) is 4.45. The first-order valence-corrected chi connectivity index (χ1v) is 9.76. The molecule has 3 aromatic carbocycles. The fourth-order valence-corrected chi connectivity index (χ4v) is 3.57. The number of hydrogen-bond donors (Lipinski definition) is 2. The summed E-state index contributed by atoms with van der Waals surface area (Å²) in [6.07, 6.45) is -0.723. The van der Waals surface area contributed by atoms with Crippen molar-refractivity contribution in [3.8, 4) is 5.75 Å². The highest BCUT2D eigenvalue weighted by Gasteiger charge is 2.15. The zero-order valence-electron chi connectivity index (χ0n) is 16.8. The molecular weight excluding hydrogens is 398 g/mol. The normalized spacial score (nSPS) is 11.8. The average molecular weight is 423 g/mol. The lowest BCUT2D eigenvalue weighted by molar-refractivity contribution is -0.00000812. The minimum Gasteiger partial charge on any atom is -1.00 e. The molecule has 6 heteroatoms. The quantitative estimate of drug-likeness (QED) is 0.461. The largest absolute Gasteiger partial charge is 1.00 e. The van der Waals surface area contributed by atoms with Gasteiger partial charge < -0.3 is 31.4 Å². The van der Waals surface area contributed by atoms with Gasteiger partial charge in [-0.1, -0.05) is 60.7 Å². The van der Waals surface area contributed by atoms with Gasteiger partial charge in [0.25, 0.3) is 0 Å². The second kappa shape index (κ2) is 9.65. The molecule has 1 atom stereocenters. The highest BCUT2D eigenvalue weighted by Crippen LogP contribution is 2.18. The van der Waals surface area contributed by atoms with E-state index in [-0.39, 0.29) is 19.0 Å². The molecule has 0 bridgehead atoms. The van der Waals surface area contributed by atoms with Crippen LogP contribution in [0.25, 0.3) is 11.0 Å². The molecule has 4 aromatic rings. The maximum Gasteiger partial charge on any atom is 0.203 e. The Bertz CT molecular complexity index is 1170. The lowest BCUT2D eigenvalue weighted by Gasteiger charge is -2.15. The number of aliphatic hydroxyl groups excluding tert-OH is 1. The van der Waals surface area contributed by atoms with E-state index in [9.17, 15) is 5.11 Å². The molecule has 0 radical (unpaired) electrons. The van der Waals surface area contributed by atoms with E-state index in [2.05, 4.69) is 12.1 Å². The molecule has 0 aliphatic heterocycles. The molecule has 0 aliphatic carbocycles. The molecule has 2 N–H and O–H groups in total. The predicted molar refractivity (Wildman–Crippen MR) is 114 cm³/mol. The molecule has 30 heavy (non-hydrogen) atoms. The summed E-state index contributed by atoms with van der Waals surface area (Å²) in [6, 6.07) is 25.8. The first kappa shape index (κ1) is 21.7. The number of aryl methyl sites for hydroxylation is 1. The van der Waals surface area contributed by atoms with E-state index in [1.807, 2.05) is 82.8 Å². The predicted octanol–water partition coefficient (Wildman–Crippen LogP) is 0.723. The smallest absolute Gasteiger partial charge is 0.203 e. The minimum absolute atomic E-state index is 0. The monoisotopic (exact) mass is 422 g/mol. The van der Waals surface area contributed by atoms with Gasteiger partial charge in [0.1, 0.15) is 18.5 Å². The van der Waals surface area contributed by atoms with Crippen molar-refractivity contribution in [1.82, 2.24) is 9.13 Å². The number of nitrogens with zero attached hydrogens (tertiary/aromatic N) is 2. The number of halogens is 1. The van der Waals surface area contributed by atoms with Gasteiger partial charge in [0.2, 0.25) is 5.62 Å². The third-order valence-corrected chi connectivity index (χ3v) is 5.08. The summed E-state index contributed by atoms with van der Waals surface area (Å²) in [6.45, 7) is 3.07. The molecule has 5 nitrogen and oxygen atoms in total.